The van der Waals surface area contributed by atoms with Crippen LogP contribution in [0, 0.1) is 0 Å². The van der Waals surface area contributed by atoms with E-state index in [0.29, 0.717) is 11.3 Å². The highest BCUT2D eigenvalue weighted by Crippen LogP contribution is 2.28. The zero-order valence-electron chi connectivity index (χ0n) is 17.0. The molecule has 7 nitrogen and oxygen atoms in total. The van der Waals surface area contributed by atoms with E-state index in [4.69, 9.17) is 0 Å². The Balaban J connectivity index is 1.63. The number of benzene rings is 1. The first-order valence-corrected chi connectivity index (χ1v) is 9.86. The molecular formula is C21H30N4O3. The lowest BCUT2D eigenvalue weighted by Crippen LogP contribution is -2.62. The summed E-state index contributed by atoms with van der Waals surface area (Å²) in [4.78, 5) is 37.3. The Hall–Kier alpha value is -2.41. The van der Waals surface area contributed by atoms with Gasteiger partial charge in [0.15, 0.2) is 0 Å². The van der Waals surface area contributed by atoms with Crippen LogP contribution in [0.15, 0.2) is 24.3 Å². The van der Waals surface area contributed by atoms with Gasteiger partial charge >= 0.3 is 11.8 Å². The number of hydrogen-bond donors (Lipinski definition) is 4. The summed E-state index contributed by atoms with van der Waals surface area (Å²) in [6.45, 7) is 8.34. The number of para-hydroxylation sites is 1. The first-order valence-electron chi connectivity index (χ1n) is 9.86. The number of hydrogen-bond acceptors (Lipinski definition) is 4. The van der Waals surface area contributed by atoms with E-state index < -0.39 is 11.8 Å². The lowest BCUT2D eigenvalue weighted by atomic mass is 9.79. The Morgan fingerprint density at radius 1 is 0.893 bits per heavy atom. The number of rotatable bonds is 4. The molecule has 1 saturated carbocycles. The molecule has 2 fully saturated rings. The molecule has 0 radical (unpaired) electrons. The van der Waals surface area contributed by atoms with Gasteiger partial charge in [-0.15, -0.1) is 0 Å². The minimum absolute atomic E-state index is 0.0992. The SMILES string of the molecule is CC1(C)CC(NC(=O)C(=O)Nc2ccccc2C(=O)NC2CC2)CC(C)(C)N1. The van der Waals surface area contributed by atoms with Crippen molar-refractivity contribution in [1.82, 2.24) is 16.0 Å². The van der Waals surface area contributed by atoms with Crippen molar-refractivity contribution >= 4 is 23.4 Å². The van der Waals surface area contributed by atoms with Crippen molar-refractivity contribution in [2.45, 2.75) is 76.5 Å². The van der Waals surface area contributed by atoms with Gasteiger partial charge in [0.25, 0.3) is 5.91 Å². The lowest BCUT2D eigenvalue weighted by molar-refractivity contribution is -0.137. The van der Waals surface area contributed by atoms with Gasteiger partial charge in [-0.2, -0.15) is 0 Å². The molecule has 1 aromatic rings. The van der Waals surface area contributed by atoms with Crippen molar-refractivity contribution in [3.8, 4) is 0 Å². The quantitative estimate of drug-likeness (QED) is 0.594. The molecule has 0 unspecified atom stereocenters. The molecule has 2 aliphatic rings. The van der Waals surface area contributed by atoms with Gasteiger partial charge in [0.2, 0.25) is 0 Å². The van der Waals surface area contributed by atoms with Gasteiger partial charge in [-0.3, -0.25) is 14.4 Å². The van der Waals surface area contributed by atoms with E-state index in [-0.39, 0.29) is 29.1 Å². The first kappa shape index (κ1) is 20.3. The third kappa shape index (κ3) is 5.32. The fourth-order valence-electron chi connectivity index (χ4n) is 4.14. The molecular weight excluding hydrogens is 356 g/mol. The summed E-state index contributed by atoms with van der Waals surface area (Å²) in [6.07, 6.45) is 3.42. The summed E-state index contributed by atoms with van der Waals surface area (Å²) in [5, 5.41) is 11.9. The van der Waals surface area contributed by atoms with E-state index in [9.17, 15) is 14.4 Å². The number of anilines is 1. The molecule has 1 aliphatic carbocycles. The summed E-state index contributed by atoms with van der Waals surface area (Å²) in [5.41, 5.74) is 0.430. The van der Waals surface area contributed by atoms with Crippen LogP contribution < -0.4 is 21.3 Å². The molecule has 1 aliphatic heterocycles. The number of carbonyl (C=O) groups is 3. The third-order valence-electron chi connectivity index (χ3n) is 5.06. The van der Waals surface area contributed by atoms with Crippen molar-refractivity contribution in [3.05, 3.63) is 29.8 Å². The number of piperidine rings is 1. The zero-order valence-corrected chi connectivity index (χ0v) is 17.0. The molecule has 28 heavy (non-hydrogen) atoms. The predicted molar refractivity (Wildman–Crippen MR) is 108 cm³/mol. The molecule has 3 amide bonds. The van der Waals surface area contributed by atoms with E-state index >= 15 is 0 Å². The zero-order chi connectivity index (χ0) is 20.5. The van der Waals surface area contributed by atoms with Crippen LogP contribution in [0.1, 0.15) is 63.7 Å². The summed E-state index contributed by atoms with van der Waals surface area (Å²) >= 11 is 0. The topological polar surface area (TPSA) is 99.3 Å². The average Bonchev–Trinajstić information content (AvgIpc) is 3.36. The van der Waals surface area contributed by atoms with Gasteiger partial charge < -0.3 is 21.3 Å². The Labute approximate surface area is 166 Å². The summed E-state index contributed by atoms with van der Waals surface area (Å²) in [5.74, 6) is -1.68. The smallest absolute Gasteiger partial charge is 0.313 e. The van der Waals surface area contributed by atoms with Crippen molar-refractivity contribution in [3.63, 3.8) is 0 Å². The second-order valence-corrected chi connectivity index (χ2v) is 9.22. The third-order valence-corrected chi connectivity index (χ3v) is 5.06. The van der Waals surface area contributed by atoms with E-state index in [0.717, 1.165) is 25.7 Å². The number of carbonyl (C=O) groups excluding carboxylic acids is 3. The van der Waals surface area contributed by atoms with Gasteiger partial charge in [0.05, 0.1) is 11.3 Å². The monoisotopic (exact) mass is 386 g/mol. The van der Waals surface area contributed by atoms with Crippen molar-refractivity contribution in [2.75, 3.05) is 5.32 Å². The largest absolute Gasteiger partial charge is 0.349 e. The minimum atomic E-state index is -0.763. The Morgan fingerprint density at radius 3 is 2.11 bits per heavy atom. The molecule has 1 saturated heterocycles. The highest BCUT2D eigenvalue weighted by atomic mass is 16.2. The maximum absolute atomic E-state index is 12.5. The van der Waals surface area contributed by atoms with Crippen LogP contribution in [-0.2, 0) is 9.59 Å². The molecule has 3 rings (SSSR count). The second-order valence-electron chi connectivity index (χ2n) is 9.22. The van der Waals surface area contributed by atoms with Crippen LogP contribution in [0.2, 0.25) is 0 Å². The maximum Gasteiger partial charge on any atom is 0.313 e. The van der Waals surface area contributed by atoms with Crippen molar-refractivity contribution in [1.29, 1.82) is 0 Å². The molecule has 0 spiro atoms. The molecule has 0 bridgehead atoms. The molecule has 0 aromatic heterocycles. The van der Waals surface area contributed by atoms with Crippen LogP contribution >= 0.6 is 0 Å². The fraction of sp³-hybridized carbons (Fsp3) is 0.571. The highest BCUT2D eigenvalue weighted by molar-refractivity contribution is 6.40. The second kappa shape index (κ2) is 7.54. The number of nitrogens with one attached hydrogen (secondary N) is 4. The van der Waals surface area contributed by atoms with Gasteiger partial charge in [-0.05, 0) is 65.5 Å². The van der Waals surface area contributed by atoms with Gasteiger partial charge in [0, 0.05) is 23.2 Å². The summed E-state index contributed by atoms with van der Waals surface area (Å²) in [7, 11) is 0. The molecule has 7 heteroatoms. The van der Waals surface area contributed by atoms with E-state index in [1.165, 1.54) is 0 Å². The fourth-order valence-corrected chi connectivity index (χ4v) is 4.14. The predicted octanol–water partition coefficient (Wildman–Crippen LogP) is 1.94. The standard InChI is InChI=1S/C21H30N4O3/c1-20(2)11-14(12-21(3,4)25-20)23-18(27)19(28)24-16-8-6-5-7-15(16)17(26)22-13-9-10-13/h5-8,13-14,25H,9-12H2,1-4H3,(H,22,26)(H,23,27)(H,24,28). The van der Waals surface area contributed by atoms with Gasteiger partial charge in [0.1, 0.15) is 0 Å². The van der Waals surface area contributed by atoms with Crippen LogP contribution in [0.4, 0.5) is 5.69 Å². The number of amides is 3. The lowest BCUT2D eigenvalue weighted by Gasteiger charge is -2.46. The van der Waals surface area contributed by atoms with Crippen LogP contribution in [0.3, 0.4) is 0 Å². The molecule has 1 heterocycles. The Kier molecular flexibility index (Phi) is 5.48. The first-order chi connectivity index (χ1) is 13.0. The minimum Gasteiger partial charge on any atom is -0.349 e. The van der Waals surface area contributed by atoms with E-state index in [1.807, 2.05) is 0 Å². The Morgan fingerprint density at radius 2 is 1.50 bits per heavy atom. The van der Waals surface area contributed by atoms with Gasteiger partial charge in [-0.25, -0.2) is 0 Å². The average molecular weight is 386 g/mol. The van der Waals surface area contributed by atoms with E-state index in [2.05, 4.69) is 49.0 Å². The van der Waals surface area contributed by atoms with Gasteiger partial charge in [-0.1, -0.05) is 12.1 Å². The Bertz CT molecular complexity index is 768. The normalized spacial score (nSPS) is 20.9. The molecule has 152 valence electrons. The van der Waals surface area contributed by atoms with Crippen molar-refractivity contribution in [2.24, 2.45) is 0 Å². The van der Waals surface area contributed by atoms with Crippen LogP contribution in [0.5, 0.6) is 0 Å². The van der Waals surface area contributed by atoms with Crippen LogP contribution in [-0.4, -0.2) is 40.9 Å². The van der Waals surface area contributed by atoms with E-state index in [1.54, 1.807) is 24.3 Å². The van der Waals surface area contributed by atoms with Crippen LogP contribution in [0.25, 0.3) is 0 Å². The van der Waals surface area contributed by atoms with Crippen molar-refractivity contribution < 1.29 is 14.4 Å². The molecule has 1 aromatic carbocycles. The molecule has 4 N–H and O–H groups in total. The molecule has 0 atom stereocenters. The highest BCUT2D eigenvalue weighted by Gasteiger charge is 2.38. The maximum atomic E-state index is 12.5. The summed E-state index contributed by atoms with van der Waals surface area (Å²) in [6, 6.07) is 6.84. The summed E-state index contributed by atoms with van der Waals surface area (Å²) < 4.78 is 0.